The smallest absolute Gasteiger partial charge is 0.0646 e. The van der Waals surface area contributed by atoms with Crippen molar-refractivity contribution in [3.05, 3.63) is 77.6 Å². The zero-order valence-electron chi connectivity index (χ0n) is 11.4. The lowest BCUT2D eigenvalue weighted by atomic mass is 9.99. The number of benzene rings is 2. The first-order chi connectivity index (χ1) is 9.74. The van der Waals surface area contributed by atoms with Crippen LogP contribution in [0, 0.1) is 6.92 Å². The van der Waals surface area contributed by atoms with Crippen molar-refractivity contribution in [1.29, 1.82) is 0 Å². The number of rotatable bonds is 3. The third-order valence-electron chi connectivity index (χ3n) is 3.52. The zero-order valence-corrected chi connectivity index (χ0v) is 12.1. The molecule has 1 atom stereocenters. The molecule has 0 N–H and O–H groups in total. The highest BCUT2D eigenvalue weighted by atomic mass is 35.5. The number of halogens is 1. The lowest BCUT2D eigenvalue weighted by Crippen LogP contribution is -1.99. The molecule has 1 aromatic heterocycles. The van der Waals surface area contributed by atoms with Crippen LogP contribution in [0.25, 0.3) is 10.8 Å². The molecule has 0 aliphatic heterocycles. The molecular formula is C18H16ClN. The maximum Gasteiger partial charge on any atom is 0.0646 e. The summed E-state index contributed by atoms with van der Waals surface area (Å²) in [6, 6.07) is 18.8. The van der Waals surface area contributed by atoms with Crippen molar-refractivity contribution in [2.75, 3.05) is 0 Å². The van der Waals surface area contributed by atoms with E-state index in [-0.39, 0.29) is 5.38 Å². The third-order valence-corrected chi connectivity index (χ3v) is 3.91. The summed E-state index contributed by atoms with van der Waals surface area (Å²) in [4.78, 5) is 4.44. The van der Waals surface area contributed by atoms with Crippen LogP contribution in [0.2, 0.25) is 0 Å². The van der Waals surface area contributed by atoms with Crippen LogP contribution in [0.4, 0.5) is 0 Å². The number of fused-ring (bicyclic) bond motifs is 1. The summed E-state index contributed by atoms with van der Waals surface area (Å²) in [6.45, 7) is 2.04. The van der Waals surface area contributed by atoms with E-state index >= 15 is 0 Å². The van der Waals surface area contributed by atoms with E-state index in [4.69, 9.17) is 11.6 Å². The summed E-state index contributed by atoms with van der Waals surface area (Å²) in [5.74, 6) is 0. The highest BCUT2D eigenvalue weighted by Crippen LogP contribution is 2.30. The molecule has 0 saturated heterocycles. The van der Waals surface area contributed by atoms with Crippen LogP contribution in [-0.4, -0.2) is 4.98 Å². The van der Waals surface area contributed by atoms with E-state index in [9.17, 15) is 0 Å². The van der Waals surface area contributed by atoms with Crippen LogP contribution in [0.1, 0.15) is 22.2 Å². The minimum atomic E-state index is -0.0590. The fourth-order valence-corrected chi connectivity index (χ4v) is 2.78. The minimum absolute atomic E-state index is 0.0590. The molecule has 0 saturated carbocycles. The highest BCUT2D eigenvalue weighted by molar-refractivity contribution is 6.22. The number of aryl methyl sites for hydroxylation is 1. The van der Waals surface area contributed by atoms with Gasteiger partial charge in [0.2, 0.25) is 0 Å². The predicted octanol–water partition coefficient (Wildman–Crippen LogP) is 5.07. The van der Waals surface area contributed by atoms with Crippen LogP contribution in [0.15, 0.2) is 60.8 Å². The Kier molecular flexibility index (Phi) is 3.70. The van der Waals surface area contributed by atoms with Crippen LogP contribution in [0.5, 0.6) is 0 Å². The molecule has 0 aliphatic carbocycles. The monoisotopic (exact) mass is 281 g/mol. The minimum Gasteiger partial charge on any atom is -0.261 e. The molecule has 1 nitrogen and oxygen atoms in total. The molecule has 3 aromatic rings. The standard InChI is InChI=1S/C18H16ClN/c1-13-9-10-15(20-12-13)11-18(19)17-8-4-6-14-5-2-3-7-16(14)17/h2-10,12,18H,11H2,1H3. The number of nitrogens with zero attached hydrogens (tertiary/aromatic N) is 1. The van der Waals surface area contributed by atoms with Crippen molar-refractivity contribution in [2.45, 2.75) is 18.7 Å². The molecule has 0 amide bonds. The molecule has 0 aliphatic rings. The Labute approximate surface area is 124 Å². The highest BCUT2D eigenvalue weighted by Gasteiger charge is 2.12. The van der Waals surface area contributed by atoms with E-state index in [1.807, 2.05) is 13.1 Å². The van der Waals surface area contributed by atoms with Gasteiger partial charge in [-0.2, -0.15) is 0 Å². The van der Waals surface area contributed by atoms with E-state index in [1.54, 1.807) is 0 Å². The second-order valence-corrected chi connectivity index (χ2v) is 5.59. The van der Waals surface area contributed by atoms with E-state index in [0.717, 1.165) is 12.1 Å². The Balaban J connectivity index is 1.92. The Morgan fingerprint density at radius 3 is 2.60 bits per heavy atom. The van der Waals surface area contributed by atoms with Gasteiger partial charge >= 0.3 is 0 Å². The quantitative estimate of drug-likeness (QED) is 0.611. The topological polar surface area (TPSA) is 12.9 Å². The largest absolute Gasteiger partial charge is 0.261 e. The molecule has 0 fully saturated rings. The van der Waals surface area contributed by atoms with Gasteiger partial charge < -0.3 is 0 Å². The fraction of sp³-hybridized carbons (Fsp3) is 0.167. The molecule has 0 radical (unpaired) electrons. The van der Waals surface area contributed by atoms with Gasteiger partial charge in [-0.3, -0.25) is 4.98 Å². The second-order valence-electron chi connectivity index (χ2n) is 5.07. The fourth-order valence-electron chi connectivity index (χ4n) is 2.44. The number of hydrogen-bond acceptors (Lipinski definition) is 1. The first-order valence-electron chi connectivity index (χ1n) is 6.77. The lowest BCUT2D eigenvalue weighted by Gasteiger charge is -2.12. The van der Waals surface area contributed by atoms with Crippen molar-refractivity contribution in [3.63, 3.8) is 0 Å². The van der Waals surface area contributed by atoms with Crippen molar-refractivity contribution in [3.8, 4) is 0 Å². The SMILES string of the molecule is Cc1ccc(CC(Cl)c2cccc3ccccc23)nc1. The summed E-state index contributed by atoms with van der Waals surface area (Å²) in [6.07, 6.45) is 2.64. The number of aromatic nitrogens is 1. The Hall–Kier alpha value is -1.86. The van der Waals surface area contributed by atoms with E-state index in [1.165, 1.54) is 21.9 Å². The lowest BCUT2D eigenvalue weighted by molar-refractivity contribution is 0.885. The van der Waals surface area contributed by atoms with E-state index in [2.05, 4.69) is 59.6 Å². The number of pyridine rings is 1. The molecule has 20 heavy (non-hydrogen) atoms. The first-order valence-corrected chi connectivity index (χ1v) is 7.21. The third kappa shape index (κ3) is 2.68. The predicted molar refractivity (Wildman–Crippen MR) is 85.2 cm³/mol. The van der Waals surface area contributed by atoms with Gasteiger partial charge in [0, 0.05) is 18.3 Å². The zero-order chi connectivity index (χ0) is 13.9. The molecule has 1 heterocycles. The van der Waals surface area contributed by atoms with Crippen LogP contribution in [0.3, 0.4) is 0 Å². The van der Waals surface area contributed by atoms with Crippen molar-refractivity contribution < 1.29 is 0 Å². The van der Waals surface area contributed by atoms with Crippen molar-refractivity contribution >= 4 is 22.4 Å². The molecule has 0 spiro atoms. The summed E-state index contributed by atoms with van der Waals surface area (Å²) < 4.78 is 0. The normalized spacial score (nSPS) is 12.5. The average molecular weight is 282 g/mol. The van der Waals surface area contributed by atoms with Crippen LogP contribution >= 0.6 is 11.6 Å². The molecule has 2 aromatic carbocycles. The molecule has 0 bridgehead atoms. The van der Waals surface area contributed by atoms with Gasteiger partial charge in [0.15, 0.2) is 0 Å². The Bertz CT molecular complexity index is 714. The molecular weight excluding hydrogens is 266 g/mol. The summed E-state index contributed by atoms with van der Waals surface area (Å²) in [5.41, 5.74) is 3.38. The number of alkyl halides is 1. The summed E-state index contributed by atoms with van der Waals surface area (Å²) in [5, 5.41) is 2.39. The van der Waals surface area contributed by atoms with Crippen molar-refractivity contribution in [1.82, 2.24) is 4.98 Å². The average Bonchev–Trinajstić information content (AvgIpc) is 2.49. The van der Waals surface area contributed by atoms with Gasteiger partial charge in [-0.15, -0.1) is 11.6 Å². The molecule has 1 unspecified atom stereocenters. The maximum absolute atomic E-state index is 6.62. The molecule has 2 heteroatoms. The van der Waals surface area contributed by atoms with Gasteiger partial charge in [0.25, 0.3) is 0 Å². The van der Waals surface area contributed by atoms with Gasteiger partial charge in [-0.25, -0.2) is 0 Å². The number of hydrogen-bond donors (Lipinski definition) is 0. The Morgan fingerprint density at radius 1 is 1.00 bits per heavy atom. The molecule has 3 rings (SSSR count). The van der Waals surface area contributed by atoms with Gasteiger partial charge in [-0.05, 0) is 34.9 Å². The first kappa shape index (κ1) is 13.1. The van der Waals surface area contributed by atoms with E-state index in [0.29, 0.717) is 0 Å². The van der Waals surface area contributed by atoms with Crippen LogP contribution < -0.4 is 0 Å². The molecule has 100 valence electrons. The van der Waals surface area contributed by atoms with Gasteiger partial charge in [0.1, 0.15) is 0 Å². The maximum atomic E-state index is 6.62. The van der Waals surface area contributed by atoms with Gasteiger partial charge in [0.05, 0.1) is 5.38 Å². The Morgan fingerprint density at radius 2 is 1.80 bits per heavy atom. The summed E-state index contributed by atoms with van der Waals surface area (Å²) >= 11 is 6.62. The van der Waals surface area contributed by atoms with E-state index < -0.39 is 0 Å². The second kappa shape index (κ2) is 5.64. The summed E-state index contributed by atoms with van der Waals surface area (Å²) in [7, 11) is 0. The van der Waals surface area contributed by atoms with Gasteiger partial charge in [-0.1, -0.05) is 48.5 Å². The van der Waals surface area contributed by atoms with Crippen LogP contribution in [-0.2, 0) is 6.42 Å². The van der Waals surface area contributed by atoms with Crippen molar-refractivity contribution in [2.24, 2.45) is 0 Å².